The van der Waals surface area contributed by atoms with Gasteiger partial charge in [-0.25, -0.2) is 4.39 Å². The molecule has 0 aliphatic heterocycles. The molecule has 1 aliphatic carbocycles. The number of aromatic nitrogens is 2. The van der Waals surface area contributed by atoms with Crippen LogP contribution in [0.25, 0.3) is 0 Å². The summed E-state index contributed by atoms with van der Waals surface area (Å²) < 4.78 is 15.2. The Kier molecular flexibility index (Phi) is 3.81. The zero-order valence-electron chi connectivity index (χ0n) is 12.9. The van der Waals surface area contributed by atoms with Gasteiger partial charge in [0, 0.05) is 30.9 Å². The summed E-state index contributed by atoms with van der Waals surface area (Å²) in [5.41, 5.74) is 4.75. The third-order valence-corrected chi connectivity index (χ3v) is 4.68. The van der Waals surface area contributed by atoms with Crippen molar-refractivity contribution in [3.63, 3.8) is 0 Å². The average molecular weight is 287 g/mol. The van der Waals surface area contributed by atoms with Crippen LogP contribution < -0.4 is 5.32 Å². The second-order valence-electron chi connectivity index (χ2n) is 6.07. The van der Waals surface area contributed by atoms with E-state index in [0.29, 0.717) is 12.0 Å². The molecule has 0 spiro atoms. The minimum atomic E-state index is -0.134. The molecule has 21 heavy (non-hydrogen) atoms. The maximum Gasteiger partial charge on any atom is 0.123 e. The largest absolute Gasteiger partial charge is 0.310 e. The molecule has 1 fully saturated rings. The van der Waals surface area contributed by atoms with Gasteiger partial charge in [0.2, 0.25) is 0 Å². The molecule has 0 bridgehead atoms. The Morgan fingerprint density at radius 3 is 2.71 bits per heavy atom. The van der Waals surface area contributed by atoms with E-state index in [2.05, 4.69) is 24.3 Å². The van der Waals surface area contributed by atoms with Crippen LogP contribution in [0.2, 0.25) is 0 Å². The van der Waals surface area contributed by atoms with E-state index < -0.39 is 0 Å². The quantitative estimate of drug-likeness (QED) is 0.936. The third-order valence-electron chi connectivity index (χ3n) is 4.68. The number of nitrogens with one attached hydrogen (secondary N) is 1. The molecule has 4 heteroatoms. The summed E-state index contributed by atoms with van der Waals surface area (Å²) in [6.07, 6.45) is 2.17. The Balaban J connectivity index is 1.53. The lowest BCUT2D eigenvalue weighted by atomic mass is 9.76. The predicted octanol–water partition coefficient (Wildman–Crippen LogP) is 3.21. The SMILES string of the molecule is Cc1nn(C)c(C)c1CNC1CC(c2cccc(F)c2)C1. The highest BCUT2D eigenvalue weighted by Gasteiger charge is 2.30. The molecule has 1 aromatic heterocycles. The lowest BCUT2D eigenvalue weighted by molar-refractivity contribution is 0.288. The molecule has 1 saturated carbocycles. The highest BCUT2D eigenvalue weighted by molar-refractivity contribution is 5.26. The van der Waals surface area contributed by atoms with Crippen LogP contribution in [0.4, 0.5) is 4.39 Å². The van der Waals surface area contributed by atoms with Crippen molar-refractivity contribution in [2.45, 2.75) is 45.2 Å². The lowest BCUT2D eigenvalue weighted by Gasteiger charge is -2.36. The molecule has 1 heterocycles. The molecule has 2 aromatic rings. The Bertz CT molecular complexity index is 641. The molecule has 3 nitrogen and oxygen atoms in total. The van der Waals surface area contributed by atoms with Crippen molar-refractivity contribution in [3.05, 3.63) is 52.6 Å². The van der Waals surface area contributed by atoms with Crippen LogP contribution in [0, 0.1) is 19.7 Å². The van der Waals surface area contributed by atoms with Gasteiger partial charge in [-0.2, -0.15) is 5.10 Å². The second kappa shape index (κ2) is 5.60. The molecule has 0 atom stereocenters. The van der Waals surface area contributed by atoms with Crippen molar-refractivity contribution in [2.24, 2.45) is 7.05 Å². The van der Waals surface area contributed by atoms with Crippen LogP contribution in [-0.4, -0.2) is 15.8 Å². The van der Waals surface area contributed by atoms with Gasteiger partial charge >= 0.3 is 0 Å². The molecule has 0 saturated heterocycles. The Labute approximate surface area is 125 Å². The highest BCUT2D eigenvalue weighted by Crippen LogP contribution is 2.37. The van der Waals surface area contributed by atoms with Crippen LogP contribution in [0.3, 0.4) is 0 Å². The van der Waals surface area contributed by atoms with Crippen molar-refractivity contribution in [2.75, 3.05) is 0 Å². The maximum absolute atomic E-state index is 13.2. The van der Waals surface area contributed by atoms with E-state index in [0.717, 1.165) is 30.6 Å². The second-order valence-corrected chi connectivity index (χ2v) is 6.07. The molecule has 1 N–H and O–H groups in total. The Morgan fingerprint density at radius 2 is 2.10 bits per heavy atom. The van der Waals surface area contributed by atoms with Gasteiger partial charge in [-0.1, -0.05) is 12.1 Å². The number of hydrogen-bond acceptors (Lipinski definition) is 2. The average Bonchev–Trinajstić information content (AvgIpc) is 2.63. The summed E-state index contributed by atoms with van der Waals surface area (Å²) in [5.74, 6) is 0.361. The highest BCUT2D eigenvalue weighted by atomic mass is 19.1. The summed E-state index contributed by atoms with van der Waals surface area (Å²) in [6, 6.07) is 7.52. The molecule has 0 amide bonds. The van der Waals surface area contributed by atoms with Gasteiger partial charge in [0.1, 0.15) is 5.82 Å². The first-order valence-corrected chi connectivity index (χ1v) is 7.52. The third kappa shape index (κ3) is 2.86. The fraction of sp³-hybridized carbons (Fsp3) is 0.471. The van der Waals surface area contributed by atoms with Crippen LogP contribution in [0.1, 0.15) is 41.3 Å². The molecule has 1 aliphatic rings. The van der Waals surface area contributed by atoms with Crippen LogP contribution in [-0.2, 0) is 13.6 Å². The van der Waals surface area contributed by atoms with Crippen LogP contribution in [0.5, 0.6) is 0 Å². The van der Waals surface area contributed by atoms with Gasteiger partial charge in [0.15, 0.2) is 0 Å². The lowest BCUT2D eigenvalue weighted by Crippen LogP contribution is -2.39. The van der Waals surface area contributed by atoms with Gasteiger partial charge < -0.3 is 5.32 Å². The standard InChI is InChI=1S/C17H22FN3/c1-11-17(12(2)21(3)20-11)10-19-16-8-14(9-16)13-5-4-6-15(18)7-13/h4-7,14,16,19H,8-10H2,1-3H3. The molecule has 3 rings (SSSR count). The van der Waals surface area contributed by atoms with Gasteiger partial charge in [-0.3, -0.25) is 4.68 Å². The van der Waals surface area contributed by atoms with Crippen molar-refractivity contribution >= 4 is 0 Å². The van der Waals surface area contributed by atoms with Crippen molar-refractivity contribution in [1.82, 2.24) is 15.1 Å². The predicted molar refractivity (Wildman–Crippen MR) is 81.7 cm³/mol. The summed E-state index contributed by atoms with van der Waals surface area (Å²) in [7, 11) is 1.98. The molecule has 1 aromatic carbocycles. The van der Waals surface area contributed by atoms with Gasteiger partial charge in [-0.15, -0.1) is 0 Å². The van der Waals surface area contributed by atoms with Crippen LogP contribution in [0.15, 0.2) is 24.3 Å². The number of nitrogens with zero attached hydrogens (tertiary/aromatic N) is 2. The van der Waals surface area contributed by atoms with E-state index in [9.17, 15) is 4.39 Å². The molecule has 0 radical (unpaired) electrons. The minimum absolute atomic E-state index is 0.134. The summed E-state index contributed by atoms with van der Waals surface area (Å²) in [5, 5.41) is 8.04. The maximum atomic E-state index is 13.2. The van der Waals surface area contributed by atoms with E-state index in [4.69, 9.17) is 0 Å². The monoisotopic (exact) mass is 287 g/mol. The summed E-state index contributed by atoms with van der Waals surface area (Å²) in [4.78, 5) is 0. The first-order chi connectivity index (χ1) is 10.0. The van der Waals surface area contributed by atoms with E-state index in [-0.39, 0.29) is 5.82 Å². The smallest absolute Gasteiger partial charge is 0.123 e. The first kappa shape index (κ1) is 14.3. The first-order valence-electron chi connectivity index (χ1n) is 7.52. The topological polar surface area (TPSA) is 29.9 Å². The fourth-order valence-corrected chi connectivity index (χ4v) is 3.14. The number of halogens is 1. The zero-order chi connectivity index (χ0) is 15.0. The van der Waals surface area contributed by atoms with Gasteiger partial charge in [0.25, 0.3) is 0 Å². The normalized spacial score (nSPS) is 21.3. The van der Waals surface area contributed by atoms with E-state index in [1.54, 1.807) is 12.1 Å². The van der Waals surface area contributed by atoms with Gasteiger partial charge in [-0.05, 0) is 50.3 Å². The van der Waals surface area contributed by atoms with E-state index >= 15 is 0 Å². The number of benzene rings is 1. The van der Waals surface area contributed by atoms with Crippen molar-refractivity contribution < 1.29 is 4.39 Å². The van der Waals surface area contributed by atoms with Crippen LogP contribution >= 0.6 is 0 Å². The Morgan fingerprint density at radius 1 is 1.33 bits per heavy atom. The van der Waals surface area contributed by atoms with Crippen molar-refractivity contribution in [1.29, 1.82) is 0 Å². The number of hydrogen-bond donors (Lipinski definition) is 1. The molecular formula is C17H22FN3. The minimum Gasteiger partial charge on any atom is -0.310 e. The fourth-order valence-electron chi connectivity index (χ4n) is 3.14. The molecular weight excluding hydrogens is 265 g/mol. The number of rotatable bonds is 4. The molecule has 0 unspecified atom stereocenters. The van der Waals surface area contributed by atoms with E-state index in [1.165, 1.54) is 17.3 Å². The molecule has 112 valence electrons. The van der Waals surface area contributed by atoms with E-state index in [1.807, 2.05) is 17.8 Å². The summed E-state index contributed by atoms with van der Waals surface area (Å²) >= 11 is 0. The summed E-state index contributed by atoms with van der Waals surface area (Å²) in [6.45, 7) is 5.03. The zero-order valence-corrected chi connectivity index (χ0v) is 12.9. The Hall–Kier alpha value is -1.68. The van der Waals surface area contributed by atoms with Crippen molar-refractivity contribution in [3.8, 4) is 0 Å². The number of aryl methyl sites for hydroxylation is 2. The van der Waals surface area contributed by atoms with Gasteiger partial charge in [0.05, 0.1) is 5.69 Å².